The number of rotatable bonds is 2. The van der Waals surface area contributed by atoms with Crippen LogP contribution in [-0.2, 0) is 0 Å². The number of benzene rings is 2. The summed E-state index contributed by atoms with van der Waals surface area (Å²) in [4.78, 5) is 0. The summed E-state index contributed by atoms with van der Waals surface area (Å²) in [7, 11) is 0. The Balaban J connectivity index is 2.43. The highest BCUT2D eigenvalue weighted by Gasteiger charge is 2.14. The Hall–Kier alpha value is -1.71. The van der Waals surface area contributed by atoms with Crippen LogP contribution in [0.25, 0.3) is 0 Å². The third kappa shape index (κ3) is 2.52. The van der Waals surface area contributed by atoms with Gasteiger partial charge in [0.15, 0.2) is 0 Å². The van der Waals surface area contributed by atoms with Crippen LogP contribution in [0.1, 0.15) is 17.2 Å². The Morgan fingerprint density at radius 1 is 1.12 bits per heavy atom. The van der Waals surface area contributed by atoms with E-state index in [0.29, 0.717) is 21.8 Å². The molecule has 0 heterocycles. The van der Waals surface area contributed by atoms with E-state index < -0.39 is 6.10 Å². The Morgan fingerprint density at radius 2 is 1.88 bits per heavy atom. The fourth-order valence-corrected chi connectivity index (χ4v) is 1.85. The van der Waals surface area contributed by atoms with Crippen molar-refractivity contribution in [1.82, 2.24) is 0 Å². The van der Waals surface area contributed by atoms with Gasteiger partial charge in [-0.1, -0.05) is 23.7 Å². The van der Waals surface area contributed by atoms with Crippen molar-refractivity contribution in [2.75, 3.05) is 5.73 Å². The molecule has 2 aromatic rings. The maximum Gasteiger partial charge on any atom is 0.116 e. The quantitative estimate of drug-likeness (QED) is 0.566. The number of nitrogen functional groups attached to an aromatic ring is 1. The average Bonchev–Trinajstić information content (AvgIpc) is 2.31. The molecule has 3 nitrogen and oxygen atoms in total. The Bertz CT molecular complexity index is 543. The van der Waals surface area contributed by atoms with E-state index in [0.717, 1.165) is 0 Å². The van der Waals surface area contributed by atoms with Crippen LogP contribution in [0.4, 0.5) is 5.69 Å². The highest BCUT2D eigenvalue weighted by molar-refractivity contribution is 6.30. The first-order chi connectivity index (χ1) is 8.08. The molecule has 1 unspecified atom stereocenters. The van der Waals surface area contributed by atoms with Crippen LogP contribution in [0, 0.1) is 0 Å². The molecule has 0 aromatic heterocycles. The van der Waals surface area contributed by atoms with E-state index in [-0.39, 0.29) is 5.75 Å². The molecule has 0 aliphatic heterocycles. The van der Waals surface area contributed by atoms with Gasteiger partial charge in [-0.3, -0.25) is 0 Å². The second-order valence-corrected chi connectivity index (χ2v) is 4.21. The zero-order valence-electron chi connectivity index (χ0n) is 8.97. The van der Waals surface area contributed by atoms with E-state index >= 15 is 0 Å². The average molecular weight is 250 g/mol. The fourth-order valence-electron chi connectivity index (χ4n) is 1.66. The summed E-state index contributed by atoms with van der Waals surface area (Å²) >= 11 is 5.86. The number of aromatic hydroxyl groups is 1. The smallest absolute Gasteiger partial charge is 0.116 e. The lowest BCUT2D eigenvalue weighted by molar-refractivity contribution is 0.220. The summed E-state index contributed by atoms with van der Waals surface area (Å²) in [6, 6.07) is 11.4. The van der Waals surface area contributed by atoms with Crippen molar-refractivity contribution in [1.29, 1.82) is 0 Å². The molecule has 4 N–H and O–H groups in total. The van der Waals surface area contributed by atoms with Crippen molar-refractivity contribution in [2.24, 2.45) is 0 Å². The first-order valence-corrected chi connectivity index (χ1v) is 5.47. The van der Waals surface area contributed by atoms with Crippen LogP contribution in [0.5, 0.6) is 5.75 Å². The number of aliphatic hydroxyl groups is 1. The third-order valence-electron chi connectivity index (χ3n) is 2.53. The number of hydrogen-bond acceptors (Lipinski definition) is 3. The summed E-state index contributed by atoms with van der Waals surface area (Å²) in [6.07, 6.45) is -0.902. The molecule has 0 fully saturated rings. The molecule has 2 rings (SSSR count). The predicted molar refractivity (Wildman–Crippen MR) is 68.0 cm³/mol. The van der Waals surface area contributed by atoms with Gasteiger partial charge in [-0.15, -0.1) is 0 Å². The predicted octanol–water partition coefficient (Wildman–Crippen LogP) is 2.71. The molecule has 0 saturated heterocycles. The lowest BCUT2D eigenvalue weighted by Gasteiger charge is -2.14. The molecular formula is C13H12ClNO2. The molecule has 0 spiro atoms. The van der Waals surface area contributed by atoms with Crippen LogP contribution in [-0.4, -0.2) is 10.2 Å². The first kappa shape index (κ1) is 11.8. The van der Waals surface area contributed by atoms with Crippen LogP contribution >= 0.6 is 11.6 Å². The van der Waals surface area contributed by atoms with Gasteiger partial charge in [0.05, 0.1) is 0 Å². The maximum absolute atomic E-state index is 10.2. The number of phenolic OH excluding ortho intramolecular Hbond substituents is 1. The highest BCUT2D eigenvalue weighted by atomic mass is 35.5. The minimum Gasteiger partial charge on any atom is -0.508 e. The molecule has 17 heavy (non-hydrogen) atoms. The van der Waals surface area contributed by atoms with E-state index in [2.05, 4.69) is 0 Å². The molecule has 0 amide bonds. The van der Waals surface area contributed by atoms with Crippen LogP contribution in [0.3, 0.4) is 0 Å². The zero-order chi connectivity index (χ0) is 12.4. The van der Waals surface area contributed by atoms with E-state index in [9.17, 15) is 10.2 Å². The van der Waals surface area contributed by atoms with Crippen molar-refractivity contribution in [3.8, 4) is 5.75 Å². The normalized spacial score (nSPS) is 12.4. The minimum absolute atomic E-state index is 0.0651. The molecule has 2 aromatic carbocycles. The van der Waals surface area contributed by atoms with E-state index in [4.69, 9.17) is 17.3 Å². The number of aliphatic hydroxyl groups excluding tert-OH is 1. The van der Waals surface area contributed by atoms with Crippen LogP contribution in [0.2, 0.25) is 5.02 Å². The van der Waals surface area contributed by atoms with Gasteiger partial charge >= 0.3 is 0 Å². The van der Waals surface area contributed by atoms with Crippen molar-refractivity contribution < 1.29 is 10.2 Å². The molecule has 1 atom stereocenters. The standard InChI is InChI=1S/C13H12ClNO2/c14-9-3-1-2-8(6-9)13(17)11-7-10(16)4-5-12(11)15/h1-7,13,16-17H,15H2. The summed E-state index contributed by atoms with van der Waals surface area (Å²) in [6.45, 7) is 0. The molecule has 0 aliphatic rings. The summed E-state index contributed by atoms with van der Waals surface area (Å²) in [5.41, 5.74) is 7.29. The third-order valence-corrected chi connectivity index (χ3v) is 2.76. The molecule has 88 valence electrons. The summed E-state index contributed by atoms with van der Waals surface area (Å²) < 4.78 is 0. The molecule has 4 heteroatoms. The number of hydrogen-bond donors (Lipinski definition) is 3. The largest absolute Gasteiger partial charge is 0.508 e. The second kappa shape index (κ2) is 4.65. The molecular weight excluding hydrogens is 238 g/mol. The van der Waals surface area contributed by atoms with Gasteiger partial charge in [-0.05, 0) is 35.9 Å². The van der Waals surface area contributed by atoms with E-state index in [1.165, 1.54) is 12.1 Å². The second-order valence-electron chi connectivity index (χ2n) is 3.77. The minimum atomic E-state index is -0.902. The molecule has 0 saturated carbocycles. The lowest BCUT2D eigenvalue weighted by atomic mass is 10.00. The van der Waals surface area contributed by atoms with E-state index in [1.54, 1.807) is 30.3 Å². The lowest BCUT2D eigenvalue weighted by Crippen LogP contribution is -2.03. The summed E-state index contributed by atoms with van der Waals surface area (Å²) in [5, 5.41) is 20.1. The summed E-state index contributed by atoms with van der Waals surface area (Å²) in [5.74, 6) is 0.0651. The van der Waals surface area contributed by atoms with Gasteiger partial charge in [0.25, 0.3) is 0 Å². The Labute approximate surface area is 104 Å². The van der Waals surface area contributed by atoms with Crippen LogP contribution < -0.4 is 5.73 Å². The first-order valence-electron chi connectivity index (χ1n) is 5.10. The number of anilines is 1. The Morgan fingerprint density at radius 3 is 2.59 bits per heavy atom. The van der Waals surface area contributed by atoms with Crippen molar-refractivity contribution >= 4 is 17.3 Å². The van der Waals surface area contributed by atoms with Gasteiger partial charge in [0.2, 0.25) is 0 Å². The van der Waals surface area contributed by atoms with Crippen molar-refractivity contribution in [3.05, 3.63) is 58.6 Å². The maximum atomic E-state index is 10.2. The van der Waals surface area contributed by atoms with Gasteiger partial charge < -0.3 is 15.9 Å². The van der Waals surface area contributed by atoms with Gasteiger partial charge in [0, 0.05) is 16.3 Å². The number of halogens is 1. The Kier molecular flexibility index (Phi) is 3.22. The van der Waals surface area contributed by atoms with Gasteiger partial charge in [-0.25, -0.2) is 0 Å². The van der Waals surface area contributed by atoms with Crippen molar-refractivity contribution in [3.63, 3.8) is 0 Å². The fraction of sp³-hybridized carbons (Fsp3) is 0.0769. The van der Waals surface area contributed by atoms with Gasteiger partial charge in [-0.2, -0.15) is 0 Å². The SMILES string of the molecule is Nc1ccc(O)cc1C(O)c1cccc(Cl)c1. The highest BCUT2D eigenvalue weighted by Crippen LogP contribution is 2.30. The zero-order valence-corrected chi connectivity index (χ0v) is 9.72. The van der Waals surface area contributed by atoms with Crippen LogP contribution in [0.15, 0.2) is 42.5 Å². The number of phenols is 1. The van der Waals surface area contributed by atoms with Gasteiger partial charge in [0.1, 0.15) is 11.9 Å². The topological polar surface area (TPSA) is 66.5 Å². The molecule has 0 aliphatic carbocycles. The van der Waals surface area contributed by atoms with Crippen molar-refractivity contribution in [2.45, 2.75) is 6.10 Å². The monoisotopic (exact) mass is 249 g/mol. The molecule has 0 bridgehead atoms. The van der Waals surface area contributed by atoms with E-state index in [1.807, 2.05) is 0 Å². The number of nitrogens with two attached hydrogens (primary N) is 1. The molecule has 0 radical (unpaired) electrons.